The fraction of sp³-hybridized carbons (Fsp3) is 0.600. The van der Waals surface area contributed by atoms with E-state index in [0.717, 1.165) is 41.5 Å². The van der Waals surface area contributed by atoms with Gasteiger partial charge in [-0.3, -0.25) is 4.79 Å². The molecule has 1 aliphatic heterocycles. The average Bonchev–Trinajstić information content (AvgIpc) is 2.75. The lowest BCUT2D eigenvalue weighted by Crippen LogP contribution is -2.48. The van der Waals surface area contributed by atoms with E-state index < -0.39 is 0 Å². The van der Waals surface area contributed by atoms with Crippen LogP contribution in [0.4, 0.5) is 0 Å². The Morgan fingerprint density at radius 1 is 1.50 bits per heavy atom. The van der Waals surface area contributed by atoms with Crippen molar-refractivity contribution < 1.29 is 4.79 Å². The van der Waals surface area contributed by atoms with Gasteiger partial charge in [0.05, 0.1) is 6.20 Å². The number of carbonyl (C=O) groups is 1. The van der Waals surface area contributed by atoms with E-state index in [9.17, 15) is 4.79 Å². The van der Waals surface area contributed by atoms with E-state index in [0.29, 0.717) is 0 Å². The van der Waals surface area contributed by atoms with Crippen LogP contribution in [0.5, 0.6) is 0 Å². The van der Waals surface area contributed by atoms with Gasteiger partial charge in [0.1, 0.15) is 4.88 Å². The molecular formula is C10H14BrN3OS. The smallest absolute Gasteiger partial charge is 0.265 e. The molecule has 1 amide bonds. The van der Waals surface area contributed by atoms with Gasteiger partial charge in [0, 0.05) is 26.2 Å². The maximum atomic E-state index is 12.1. The van der Waals surface area contributed by atoms with Crippen molar-refractivity contribution >= 4 is 33.2 Å². The topological polar surface area (TPSA) is 36.4 Å². The number of thiazole rings is 1. The molecule has 6 heteroatoms. The minimum absolute atomic E-state index is 0.110. The number of nitrogens with zero attached hydrogens (tertiary/aromatic N) is 3. The van der Waals surface area contributed by atoms with Gasteiger partial charge in [0.2, 0.25) is 0 Å². The van der Waals surface area contributed by atoms with Crippen molar-refractivity contribution in [2.45, 2.75) is 6.92 Å². The van der Waals surface area contributed by atoms with Crippen molar-refractivity contribution in [3.63, 3.8) is 0 Å². The molecule has 0 radical (unpaired) electrons. The number of hydrogen-bond donors (Lipinski definition) is 0. The predicted molar refractivity (Wildman–Crippen MR) is 67.8 cm³/mol. The number of rotatable bonds is 2. The Bertz CT molecular complexity index is 374. The van der Waals surface area contributed by atoms with Crippen LogP contribution in [0.25, 0.3) is 0 Å². The summed E-state index contributed by atoms with van der Waals surface area (Å²) < 4.78 is 0.767. The van der Waals surface area contributed by atoms with Crippen molar-refractivity contribution in [1.29, 1.82) is 0 Å². The molecule has 0 aliphatic carbocycles. The van der Waals surface area contributed by atoms with Crippen LogP contribution in [0.2, 0.25) is 0 Å². The van der Waals surface area contributed by atoms with E-state index in [1.165, 1.54) is 11.3 Å². The van der Waals surface area contributed by atoms with E-state index in [1.54, 1.807) is 6.20 Å². The van der Waals surface area contributed by atoms with Crippen LogP contribution in [0.1, 0.15) is 16.6 Å². The highest BCUT2D eigenvalue weighted by Crippen LogP contribution is 2.20. The Morgan fingerprint density at radius 2 is 2.19 bits per heavy atom. The van der Waals surface area contributed by atoms with Crippen LogP contribution in [0.15, 0.2) is 10.1 Å². The third-order valence-corrected chi connectivity index (χ3v) is 4.26. The molecule has 4 nitrogen and oxygen atoms in total. The summed E-state index contributed by atoms with van der Waals surface area (Å²) in [6.07, 6.45) is 1.64. The summed E-state index contributed by atoms with van der Waals surface area (Å²) in [6, 6.07) is 0. The molecule has 0 aromatic carbocycles. The SMILES string of the molecule is CCN1CCN(C(=O)c2cnc(Br)s2)CC1. The maximum Gasteiger partial charge on any atom is 0.265 e. The van der Waals surface area contributed by atoms with Crippen molar-refractivity contribution in [2.24, 2.45) is 0 Å². The first-order chi connectivity index (χ1) is 7.70. The third-order valence-electron chi connectivity index (χ3n) is 2.79. The summed E-state index contributed by atoms with van der Waals surface area (Å²) in [5.74, 6) is 0.110. The highest BCUT2D eigenvalue weighted by molar-refractivity contribution is 9.11. The summed E-state index contributed by atoms with van der Waals surface area (Å²) in [6.45, 7) is 6.81. The number of halogens is 1. The summed E-state index contributed by atoms with van der Waals surface area (Å²) >= 11 is 4.67. The van der Waals surface area contributed by atoms with Gasteiger partial charge in [-0.05, 0) is 22.5 Å². The maximum absolute atomic E-state index is 12.1. The summed E-state index contributed by atoms with van der Waals surface area (Å²) in [4.78, 5) is 21.1. The highest BCUT2D eigenvalue weighted by atomic mass is 79.9. The molecular weight excluding hydrogens is 290 g/mol. The Balaban J connectivity index is 1.96. The molecule has 1 aliphatic rings. The van der Waals surface area contributed by atoms with Crippen LogP contribution < -0.4 is 0 Å². The number of hydrogen-bond acceptors (Lipinski definition) is 4. The summed E-state index contributed by atoms with van der Waals surface area (Å²) in [5, 5.41) is 0. The molecule has 0 bridgehead atoms. The first-order valence-corrected chi connectivity index (χ1v) is 6.94. The second-order valence-corrected chi connectivity index (χ2v) is 6.01. The van der Waals surface area contributed by atoms with Gasteiger partial charge in [-0.2, -0.15) is 0 Å². The van der Waals surface area contributed by atoms with E-state index in [1.807, 2.05) is 4.90 Å². The zero-order chi connectivity index (χ0) is 11.5. The minimum Gasteiger partial charge on any atom is -0.335 e. The lowest BCUT2D eigenvalue weighted by molar-refractivity contribution is 0.0648. The second kappa shape index (κ2) is 5.25. The van der Waals surface area contributed by atoms with Gasteiger partial charge in [0.25, 0.3) is 5.91 Å². The highest BCUT2D eigenvalue weighted by Gasteiger charge is 2.22. The first-order valence-electron chi connectivity index (χ1n) is 5.33. The van der Waals surface area contributed by atoms with Crippen LogP contribution >= 0.6 is 27.3 Å². The largest absolute Gasteiger partial charge is 0.335 e. The van der Waals surface area contributed by atoms with E-state index in [4.69, 9.17) is 0 Å². The molecule has 1 saturated heterocycles. The molecule has 2 heterocycles. The summed E-state index contributed by atoms with van der Waals surface area (Å²) in [7, 11) is 0. The lowest BCUT2D eigenvalue weighted by Gasteiger charge is -2.33. The first kappa shape index (κ1) is 12.0. The molecule has 1 aromatic rings. The second-order valence-electron chi connectivity index (χ2n) is 3.70. The molecule has 2 rings (SSSR count). The molecule has 1 aromatic heterocycles. The normalized spacial score (nSPS) is 17.8. The Hall–Kier alpha value is -0.460. The van der Waals surface area contributed by atoms with Crippen molar-refractivity contribution in [3.05, 3.63) is 15.0 Å². The fourth-order valence-corrected chi connectivity index (χ4v) is 3.01. The van der Waals surface area contributed by atoms with Gasteiger partial charge < -0.3 is 9.80 Å². The standard InChI is InChI=1S/C10H14BrN3OS/c1-2-13-3-5-14(6-4-13)9(15)8-7-12-10(11)16-8/h7H,2-6H2,1H3. The zero-order valence-electron chi connectivity index (χ0n) is 9.15. The molecule has 0 spiro atoms. The number of piperazine rings is 1. The Morgan fingerprint density at radius 3 is 2.69 bits per heavy atom. The van der Waals surface area contributed by atoms with Gasteiger partial charge in [0.15, 0.2) is 3.92 Å². The van der Waals surface area contributed by atoms with Gasteiger partial charge in [-0.1, -0.05) is 6.92 Å². The molecule has 0 atom stereocenters. The van der Waals surface area contributed by atoms with E-state index in [2.05, 4.69) is 32.7 Å². The average molecular weight is 304 g/mol. The monoisotopic (exact) mass is 303 g/mol. The van der Waals surface area contributed by atoms with Gasteiger partial charge in [-0.15, -0.1) is 11.3 Å². The number of amides is 1. The zero-order valence-corrected chi connectivity index (χ0v) is 11.6. The van der Waals surface area contributed by atoms with Crippen LogP contribution in [0.3, 0.4) is 0 Å². The fourth-order valence-electron chi connectivity index (χ4n) is 1.77. The van der Waals surface area contributed by atoms with Gasteiger partial charge >= 0.3 is 0 Å². The van der Waals surface area contributed by atoms with Crippen LogP contribution in [-0.2, 0) is 0 Å². The molecule has 0 N–H and O–H groups in total. The molecule has 88 valence electrons. The van der Waals surface area contributed by atoms with Crippen molar-refractivity contribution in [3.8, 4) is 0 Å². The van der Waals surface area contributed by atoms with Crippen molar-refractivity contribution in [1.82, 2.24) is 14.8 Å². The van der Waals surface area contributed by atoms with Crippen LogP contribution in [-0.4, -0.2) is 53.4 Å². The Labute approximate surface area is 107 Å². The van der Waals surface area contributed by atoms with Crippen molar-refractivity contribution in [2.75, 3.05) is 32.7 Å². The summed E-state index contributed by atoms with van der Waals surface area (Å²) in [5.41, 5.74) is 0. The third kappa shape index (κ3) is 2.61. The molecule has 16 heavy (non-hydrogen) atoms. The molecule has 0 unspecified atom stereocenters. The Kier molecular flexibility index (Phi) is 3.94. The quantitative estimate of drug-likeness (QED) is 0.834. The predicted octanol–water partition coefficient (Wildman–Crippen LogP) is 1.68. The molecule has 1 fully saturated rings. The van der Waals surface area contributed by atoms with E-state index in [-0.39, 0.29) is 5.91 Å². The number of carbonyl (C=O) groups excluding carboxylic acids is 1. The number of aromatic nitrogens is 1. The molecule has 0 saturated carbocycles. The van der Waals surface area contributed by atoms with Gasteiger partial charge in [-0.25, -0.2) is 4.98 Å². The minimum atomic E-state index is 0.110. The van der Waals surface area contributed by atoms with Crippen LogP contribution in [0, 0.1) is 0 Å². The number of likely N-dealkylation sites (N-methyl/N-ethyl adjacent to an activating group) is 1. The lowest BCUT2D eigenvalue weighted by atomic mass is 10.3. The van der Waals surface area contributed by atoms with E-state index >= 15 is 0 Å².